The molecule has 4 rings (SSSR count). The fraction of sp³-hybridized carbons (Fsp3) is 0.448. The van der Waals surface area contributed by atoms with E-state index in [9.17, 15) is 5.26 Å². The van der Waals surface area contributed by atoms with E-state index < -0.39 is 0 Å². The topological polar surface area (TPSA) is 82.9 Å². The van der Waals surface area contributed by atoms with Gasteiger partial charge in [-0.05, 0) is 25.1 Å². The molecule has 0 spiro atoms. The molecular weight excluding hydrogens is 537 g/mol. The smallest absolute Gasteiger partial charge is 0.163 e. The fourth-order valence-corrected chi connectivity index (χ4v) is 4.91. The number of likely N-dealkylation sites (N-methyl/N-ethyl adjacent to an activating group) is 1. The third-order valence-corrected chi connectivity index (χ3v) is 7.17. The lowest BCUT2D eigenvalue weighted by Crippen LogP contribution is -2.46. The van der Waals surface area contributed by atoms with Gasteiger partial charge in [0, 0.05) is 56.4 Å². The third-order valence-electron chi connectivity index (χ3n) is 6.56. The standard InChI is InChI=1S/C27H31Cl2N5O3.C2H6/c1-4-33-7-9-34(10-8-33)6-5-11-37-26-14-22-19(12-25(26)36-3)27(18(16-30)17-31-22)32-23-15-24(35-2)21(29)13-20(23)28;1-2/h12-15,17H,4-11H2,1-3H3,(H,31,32);1-2H3. The summed E-state index contributed by atoms with van der Waals surface area (Å²) in [5.41, 5.74) is 2.11. The van der Waals surface area contributed by atoms with Gasteiger partial charge in [-0.1, -0.05) is 44.0 Å². The first-order valence-electron chi connectivity index (χ1n) is 13.3. The predicted molar refractivity (Wildman–Crippen MR) is 159 cm³/mol. The van der Waals surface area contributed by atoms with E-state index in [1.165, 1.54) is 13.3 Å². The van der Waals surface area contributed by atoms with Crippen molar-refractivity contribution in [3.05, 3.63) is 46.1 Å². The second kappa shape index (κ2) is 15.0. The number of hydrogen-bond donors (Lipinski definition) is 1. The Morgan fingerprint density at radius 1 is 0.949 bits per heavy atom. The molecule has 2 aromatic carbocycles. The molecule has 210 valence electrons. The van der Waals surface area contributed by atoms with Crippen LogP contribution in [0.1, 0.15) is 32.8 Å². The Morgan fingerprint density at radius 2 is 1.64 bits per heavy atom. The molecule has 0 amide bonds. The quantitative estimate of drug-likeness (QED) is 0.271. The van der Waals surface area contributed by atoms with E-state index in [-0.39, 0.29) is 0 Å². The van der Waals surface area contributed by atoms with E-state index in [0.717, 1.165) is 45.7 Å². The van der Waals surface area contributed by atoms with Crippen LogP contribution in [0.5, 0.6) is 17.2 Å². The van der Waals surface area contributed by atoms with Crippen LogP contribution in [0, 0.1) is 11.3 Å². The van der Waals surface area contributed by atoms with Crippen LogP contribution in [0.3, 0.4) is 0 Å². The van der Waals surface area contributed by atoms with Crippen molar-refractivity contribution in [2.75, 3.05) is 65.4 Å². The van der Waals surface area contributed by atoms with Crippen LogP contribution in [0.25, 0.3) is 10.9 Å². The van der Waals surface area contributed by atoms with Crippen molar-refractivity contribution in [2.24, 2.45) is 0 Å². The molecule has 1 aliphatic heterocycles. The van der Waals surface area contributed by atoms with Crippen LogP contribution in [-0.4, -0.2) is 74.9 Å². The van der Waals surface area contributed by atoms with Gasteiger partial charge in [0.2, 0.25) is 0 Å². The number of nitrogens with one attached hydrogen (secondary N) is 1. The largest absolute Gasteiger partial charge is 0.495 e. The number of ether oxygens (including phenoxy) is 3. The molecule has 0 unspecified atom stereocenters. The molecule has 0 aliphatic carbocycles. The van der Waals surface area contributed by atoms with E-state index in [4.69, 9.17) is 37.4 Å². The van der Waals surface area contributed by atoms with Crippen LogP contribution >= 0.6 is 23.2 Å². The van der Waals surface area contributed by atoms with E-state index >= 15 is 0 Å². The zero-order valence-corrected chi connectivity index (χ0v) is 24.8. The van der Waals surface area contributed by atoms with Crippen molar-refractivity contribution in [3.8, 4) is 23.3 Å². The summed E-state index contributed by atoms with van der Waals surface area (Å²) in [5.74, 6) is 1.63. The number of piperazine rings is 1. The van der Waals surface area contributed by atoms with Crippen LogP contribution in [0.15, 0.2) is 30.5 Å². The highest BCUT2D eigenvalue weighted by Crippen LogP contribution is 2.40. The first kappa shape index (κ1) is 30.6. The Hall–Kier alpha value is -2.96. The highest BCUT2D eigenvalue weighted by atomic mass is 35.5. The number of benzene rings is 2. The molecule has 39 heavy (non-hydrogen) atoms. The predicted octanol–water partition coefficient (Wildman–Crippen LogP) is 6.61. The number of nitrogens with zero attached hydrogens (tertiary/aromatic N) is 4. The van der Waals surface area contributed by atoms with E-state index in [2.05, 4.69) is 33.1 Å². The number of nitriles is 1. The van der Waals surface area contributed by atoms with Gasteiger partial charge in [0.05, 0.1) is 53.3 Å². The van der Waals surface area contributed by atoms with Crippen molar-refractivity contribution in [1.82, 2.24) is 14.8 Å². The van der Waals surface area contributed by atoms with Crippen LogP contribution < -0.4 is 19.5 Å². The fourth-order valence-electron chi connectivity index (χ4n) is 4.41. The maximum atomic E-state index is 9.76. The molecule has 0 bridgehead atoms. The van der Waals surface area contributed by atoms with Crippen LogP contribution in [0.2, 0.25) is 10.0 Å². The van der Waals surface area contributed by atoms with Crippen molar-refractivity contribution in [1.29, 1.82) is 5.26 Å². The summed E-state index contributed by atoms with van der Waals surface area (Å²) < 4.78 is 17.1. The number of aromatic nitrogens is 1. The van der Waals surface area contributed by atoms with Crippen LogP contribution in [-0.2, 0) is 0 Å². The minimum absolute atomic E-state index is 0.358. The lowest BCUT2D eigenvalue weighted by molar-refractivity contribution is 0.130. The highest BCUT2D eigenvalue weighted by molar-refractivity contribution is 6.37. The monoisotopic (exact) mass is 573 g/mol. The Bertz CT molecular complexity index is 1290. The normalized spacial score (nSPS) is 13.8. The first-order valence-corrected chi connectivity index (χ1v) is 14.0. The van der Waals surface area contributed by atoms with Gasteiger partial charge in [0.1, 0.15) is 11.8 Å². The maximum absolute atomic E-state index is 9.76. The molecule has 1 N–H and O–H groups in total. The van der Waals surface area contributed by atoms with Crippen molar-refractivity contribution in [2.45, 2.75) is 27.2 Å². The number of hydrogen-bond acceptors (Lipinski definition) is 8. The van der Waals surface area contributed by atoms with Gasteiger partial charge in [-0.25, -0.2) is 0 Å². The number of anilines is 2. The molecule has 0 saturated carbocycles. The first-order chi connectivity index (χ1) is 19.0. The van der Waals surface area contributed by atoms with Gasteiger partial charge in [-0.15, -0.1) is 0 Å². The number of fused-ring (bicyclic) bond motifs is 1. The van der Waals surface area contributed by atoms with Gasteiger partial charge in [-0.2, -0.15) is 5.26 Å². The lowest BCUT2D eigenvalue weighted by atomic mass is 10.1. The molecular formula is C29H37Cl2N5O3. The van der Waals surface area contributed by atoms with E-state index in [0.29, 0.717) is 61.7 Å². The summed E-state index contributed by atoms with van der Waals surface area (Å²) in [5, 5.41) is 14.5. The molecule has 1 fully saturated rings. The Kier molecular flexibility index (Phi) is 11.8. The number of methoxy groups -OCH3 is 2. The minimum Gasteiger partial charge on any atom is -0.495 e. The second-order valence-electron chi connectivity index (χ2n) is 8.75. The molecule has 3 aromatic rings. The molecule has 2 heterocycles. The van der Waals surface area contributed by atoms with Crippen molar-refractivity contribution >= 4 is 45.5 Å². The zero-order valence-electron chi connectivity index (χ0n) is 23.3. The lowest BCUT2D eigenvalue weighted by Gasteiger charge is -2.33. The van der Waals surface area contributed by atoms with Crippen LogP contribution in [0.4, 0.5) is 11.4 Å². The molecule has 8 nitrogen and oxygen atoms in total. The molecule has 1 saturated heterocycles. The second-order valence-corrected chi connectivity index (χ2v) is 9.56. The molecule has 0 radical (unpaired) electrons. The van der Waals surface area contributed by atoms with Crippen molar-refractivity contribution in [3.63, 3.8) is 0 Å². The Balaban J connectivity index is 0.00000205. The Morgan fingerprint density at radius 3 is 2.28 bits per heavy atom. The Labute approximate surface area is 241 Å². The van der Waals surface area contributed by atoms with Gasteiger partial charge < -0.3 is 29.3 Å². The van der Waals surface area contributed by atoms with Gasteiger partial charge in [0.15, 0.2) is 11.5 Å². The molecule has 1 aliphatic rings. The van der Waals surface area contributed by atoms with E-state index in [1.54, 1.807) is 19.2 Å². The van der Waals surface area contributed by atoms with E-state index in [1.807, 2.05) is 26.0 Å². The number of pyridine rings is 1. The average Bonchev–Trinajstić information content (AvgIpc) is 2.97. The van der Waals surface area contributed by atoms with Gasteiger partial charge >= 0.3 is 0 Å². The molecule has 10 heteroatoms. The molecule has 1 aromatic heterocycles. The molecule has 0 atom stereocenters. The van der Waals surface area contributed by atoms with Crippen molar-refractivity contribution < 1.29 is 14.2 Å². The zero-order chi connectivity index (χ0) is 28.4. The summed E-state index contributed by atoms with van der Waals surface area (Å²) >= 11 is 12.6. The third kappa shape index (κ3) is 7.58. The summed E-state index contributed by atoms with van der Waals surface area (Å²) in [6, 6.07) is 9.14. The number of rotatable bonds is 10. The average molecular weight is 575 g/mol. The summed E-state index contributed by atoms with van der Waals surface area (Å²) in [6.07, 6.45) is 2.44. The summed E-state index contributed by atoms with van der Waals surface area (Å²) in [4.78, 5) is 9.44. The SMILES string of the molecule is CC.CCN1CCN(CCCOc2cc3ncc(C#N)c(Nc4cc(OC)c(Cl)cc4Cl)c3cc2OC)CC1. The summed E-state index contributed by atoms with van der Waals surface area (Å²) in [7, 11) is 3.12. The highest BCUT2D eigenvalue weighted by Gasteiger charge is 2.18. The summed E-state index contributed by atoms with van der Waals surface area (Å²) in [6.45, 7) is 13.3. The van der Waals surface area contributed by atoms with Gasteiger partial charge in [0.25, 0.3) is 0 Å². The number of halogens is 2. The minimum atomic E-state index is 0.358. The maximum Gasteiger partial charge on any atom is 0.163 e. The van der Waals surface area contributed by atoms with Gasteiger partial charge in [-0.3, -0.25) is 4.98 Å².